The van der Waals surface area contributed by atoms with Crippen LogP contribution in [0.15, 0.2) is 65.7 Å². The largest absolute Gasteiger partial charge is 0.493 e. The minimum atomic E-state index is 0.690. The smallest absolute Gasteiger partial charge is 0.169 e. The molecule has 3 aromatic rings. The number of aliphatic imine (C=N–C) groups is 1. The van der Waals surface area contributed by atoms with Crippen molar-refractivity contribution in [3.63, 3.8) is 0 Å². The predicted octanol–water partition coefficient (Wildman–Crippen LogP) is 4.89. The zero-order valence-corrected chi connectivity index (χ0v) is 14.1. The number of aromatic nitrogens is 1. The van der Waals surface area contributed by atoms with Crippen LogP contribution in [0.1, 0.15) is 11.4 Å². The van der Waals surface area contributed by atoms with Crippen molar-refractivity contribution in [1.82, 2.24) is 4.57 Å². The van der Waals surface area contributed by atoms with E-state index < -0.39 is 0 Å². The van der Waals surface area contributed by atoms with Crippen molar-refractivity contribution in [2.75, 3.05) is 7.11 Å². The first kappa shape index (κ1) is 15.9. The SMILES string of the molecule is COc1ccccc1Oc1ccc(N=Cc2ccc(C)n2C)cc1. The van der Waals surface area contributed by atoms with Crippen LogP contribution in [0.3, 0.4) is 0 Å². The van der Waals surface area contributed by atoms with E-state index in [1.807, 2.05) is 61.8 Å². The molecule has 4 heteroatoms. The van der Waals surface area contributed by atoms with Crippen molar-refractivity contribution >= 4 is 11.9 Å². The molecule has 0 N–H and O–H groups in total. The molecule has 0 unspecified atom stereocenters. The van der Waals surface area contributed by atoms with Crippen molar-refractivity contribution < 1.29 is 9.47 Å². The van der Waals surface area contributed by atoms with Gasteiger partial charge in [-0.1, -0.05) is 12.1 Å². The van der Waals surface area contributed by atoms with Gasteiger partial charge < -0.3 is 14.0 Å². The van der Waals surface area contributed by atoms with Crippen LogP contribution in [0, 0.1) is 6.92 Å². The maximum Gasteiger partial charge on any atom is 0.169 e. The molecular weight excluding hydrogens is 300 g/mol. The number of para-hydroxylation sites is 2. The maximum atomic E-state index is 5.86. The first-order valence-corrected chi connectivity index (χ1v) is 7.74. The van der Waals surface area contributed by atoms with Crippen LogP contribution >= 0.6 is 0 Å². The van der Waals surface area contributed by atoms with Crippen LogP contribution in [-0.2, 0) is 7.05 Å². The molecule has 0 amide bonds. The number of nitrogens with zero attached hydrogens (tertiary/aromatic N) is 2. The molecule has 0 radical (unpaired) electrons. The normalized spacial score (nSPS) is 11.0. The van der Waals surface area contributed by atoms with E-state index in [0.29, 0.717) is 11.5 Å². The zero-order chi connectivity index (χ0) is 16.9. The van der Waals surface area contributed by atoms with E-state index in [1.54, 1.807) is 7.11 Å². The van der Waals surface area contributed by atoms with E-state index in [-0.39, 0.29) is 0 Å². The Balaban J connectivity index is 1.72. The van der Waals surface area contributed by atoms with E-state index in [1.165, 1.54) is 5.69 Å². The lowest BCUT2D eigenvalue weighted by molar-refractivity contribution is 0.379. The highest BCUT2D eigenvalue weighted by Crippen LogP contribution is 2.31. The van der Waals surface area contributed by atoms with Gasteiger partial charge in [0.2, 0.25) is 0 Å². The summed E-state index contributed by atoms with van der Waals surface area (Å²) in [6.45, 7) is 2.07. The molecule has 0 atom stereocenters. The Morgan fingerprint density at radius 1 is 0.917 bits per heavy atom. The van der Waals surface area contributed by atoms with Crippen LogP contribution in [-0.4, -0.2) is 17.9 Å². The fraction of sp³-hybridized carbons (Fsp3) is 0.150. The summed E-state index contributed by atoms with van der Waals surface area (Å²) in [6.07, 6.45) is 1.86. The zero-order valence-electron chi connectivity index (χ0n) is 14.1. The summed E-state index contributed by atoms with van der Waals surface area (Å²) in [5.41, 5.74) is 3.15. The first-order chi connectivity index (χ1) is 11.7. The van der Waals surface area contributed by atoms with Gasteiger partial charge in [0.1, 0.15) is 5.75 Å². The van der Waals surface area contributed by atoms with Crippen molar-refractivity contribution in [2.45, 2.75) is 6.92 Å². The number of aryl methyl sites for hydroxylation is 1. The van der Waals surface area contributed by atoms with E-state index in [9.17, 15) is 0 Å². The minimum absolute atomic E-state index is 0.690. The molecule has 4 nitrogen and oxygen atoms in total. The third kappa shape index (κ3) is 3.49. The average Bonchev–Trinajstić information content (AvgIpc) is 2.93. The molecule has 0 aliphatic carbocycles. The van der Waals surface area contributed by atoms with Gasteiger partial charge >= 0.3 is 0 Å². The van der Waals surface area contributed by atoms with E-state index >= 15 is 0 Å². The monoisotopic (exact) mass is 320 g/mol. The van der Waals surface area contributed by atoms with E-state index in [0.717, 1.165) is 17.1 Å². The summed E-state index contributed by atoms with van der Waals surface area (Å²) in [5.74, 6) is 2.14. The molecule has 24 heavy (non-hydrogen) atoms. The van der Waals surface area contributed by atoms with Crippen molar-refractivity contribution in [3.8, 4) is 17.2 Å². The second-order valence-corrected chi connectivity index (χ2v) is 5.46. The van der Waals surface area contributed by atoms with Gasteiger partial charge in [0.15, 0.2) is 11.5 Å². The highest BCUT2D eigenvalue weighted by Gasteiger charge is 2.04. The highest BCUT2D eigenvalue weighted by molar-refractivity contribution is 5.80. The Hall–Kier alpha value is -3.01. The Bertz CT molecular complexity index is 848. The van der Waals surface area contributed by atoms with Gasteiger partial charge in [-0.2, -0.15) is 0 Å². The van der Waals surface area contributed by atoms with Crippen LogP contribution in [0.2, 0.25) is 0 Å². The van der Waals surface area contributed by atoms with Crippen molar-refractivity contribution in [1.29, 1.82) is 0 Å². The summed E-state index contributed by atoms with van der Waals surface area (Å²) in [4.78, 5) is 4.51. The number of rotatable bonds is 5. The van der Waals surface area contributed by atoms with Gasteiger partial charge in [0.05, 0.1) is 24.7 Å². The van der Waals surface area contributed by atoms with Gasteiger partial charge in [-0.25, -0.2) is 0 Å². The molecule has 0 aliphatic rings. The summed E-state index contributed by atoms with van der Waals surface area (Å²) in [6, 6.07) is 19.4. The third-order valence-corrected chi connectivity index (χ3v) is 3.89. The predicted molar refractivity (Wildman–Crippen MR) is 96.9 cm³/mol. The number of hydrogen-bond acceptors (Lipinski definition) is 3. The third-order valence-electron chi connectivity index (χ3n) is 3.89. The van der Waals surface area contributed by atoms with Crippen molar-refractivity contribution in [2.24, 2.45) is 12.0 Å². The molecule has 122 valence electrons. The lowest BCUT2D eigenvalue weighted by Gasteiger charge is -2.09. The molecule has 0 fully saturated rings. The Kier molecular flexibility index (Phi) is 4.66. The molecule has 1 aromatic heterocycles. The lowest BCUT2D eigenvalue weighted by atomic mass is 10.3. The quantitative estimate of drug-likeness (QED) is 0.628. The molecule has 0 saturated heterocycles. The minimum Gasteiger partial charge on any atom is -0.493 e. The highest BCUT2D eigenvalue weighted by atomic mass is 16.5. The summed E-state index contributed by atoms with van der Waals surface area (Å²) < 4.78 is 13.3. The van der Waals surface area contributed by atoms with Crippen LogP contribution in [0.5, 0.6) is 17.2 Å². The summed E-state index contributed by atoms with van der Waals surface area (Å²) in [7, 11) is 3.66. The molecule has 0 bridgehead atoms. The molecular formula is C20H20N2O2. The van der Waals surface area contributed by atoms with Gasteiger partial charge in [-0.15, -0.1) is 0 Å². The Morgan fingerprint density at radius 2 is 1.62 bits per heavy atom. The first-order valence-electron chi connectivity index (χ1n) is 7.74. The number of hydrogen-bond donors (Lipinski definition) is 0. The van der Waals surface area contributed by atoms with Gasteiger partial charge in [0.25, 0.3) is 0 Å². The van der Waals surface area contributed by atoms with Gasteiger partial charge in [-0.3, -0.25) is 4.99 Å². The maximum absolute atomic E-state index is 5.86. The van der Waals surface area contributed by atoms with E-state index in [4.69, 9.17) is 9.47 Å². The van der Waals surface area contributed by atoms with Crippen LogP contribution < -0.4 is 9.47 Å². The summed E-state index contributed by atoms with van der Waals surface area (Å²) in [5, 5.41) is 0. The van der Waals surface area contributed by atoms with Gasteiger partial charge in [-0.05, 0) is 55.5 Å². The number of benzene rings is 2. The van der Waals surface area contributed by atoms with E-state index in [2.05, 4.69) is 28.6 Å². The average molecular weight is 320 g/mol. The topological polar surface area (TPSA) is 35.8 Å². The van der Waals surface area contributed by atoms with Gasteiger partial charge in [0, 0.05) is 12.7 Å². The Labute approximate surface area is 142 Å². The molecule has 0 saturated carbocycles. The second-order valence-electron chi connectivity index (χ2n) is 5.46. The summed E-state index contributed by atoms with van der Waals surface area (Å²) >= 11 is 0. The number of methoxy groups -OCH3 is 1. The molecule has 0 spiro atoms. The molecule has 1 heterocycles. The number of ether oxygens (including phenoxy) is 2. The second kappa shape index (κ2) is 7.04. The molecule has 3 rings (SSSR count). The molecule has 2 aromatic carbocycles. The van der Waals surface area contributed by atoms with Crippen LogP contribution in [0.25, 0.3) is 0 Å². The fourth-order valence-electron chi connectivity index (χ4n) is 2.33. The molecule has 0 aliphatic heterocycles. The lowest BCUT2D eigenvalue weighted by Crippen LogP contribution is -1.96. The standard InChI is InChI=1S/C20H20N2O2/c1-15-8-11-17(22(15)2)14-21-16-9-12-18(13-10-16)24-20-7-5-4-6-19(20)23-3/h4-14H,1-3H3. The fourth-order valence-corrected chi connectivity index (χ4v) is 2.33. The Morgan fingerprint density at radius 3 is 2.25 bits per heavy atom. The van der Waals surface area contributed by atoms with Crippen LogP contribution in [0.4, 0.5) is 5.69 Å². The van der Waals surface area contributed by atoms with Crippen molar-refractivity contribution in [3.05, 3.63) is 72.1 Å².